The van der Waals surface area contributed by atoms with Crippen LogP contribution in [0.25, 0.3) is 33.5 Å². The summed E-state index contributed by atoms with van der Waals surface area (Å²) in [6, 6.07) is 11.6. The second-order valence-electron chi connectivity index (χ2n) is 5.42. The predicted octanol–water partition coefficient (Wildman–Crippen LogP) is 3.29. The summed E-state index contributed by atoms with van der Waals surface area (Å²) in [5.74, 6) is 0.575. The van der Waals surface area contributed by atoms with Crippen molar-refractivity contribution in [1.29, 1.82) is 0 Å². The van der Waals surface area contributed by atoms with Crippen LogP contribution in [0.4, 0.5) is 0 Å². The van der Waals surface area contributed by atoms with Crippen LogP contribution in [0.5, 0.6) is 0 Å². The molecule has 0 aliphatic rings. The van der Waals surface area contributed by atoms with E-state index >= 15 is 0 Å². The number of para-hydroxylation sites is 1. The molecule has 0 saturated heterocycles. The normalized spacial score (nSPS) is 11.0. The van der Waals surface area contributed by atoms with Crippen LogP contribution in [0.1, 0.15) is 5.56 Å². The maximum absolute atomic E-state index is 12.2. The van der Waals surface area contributed by atoms with Gasteiger partial charge in [0.2, 0.25) is 0 Å². The van der Waals surface area contributed by atoms with Gasteiger partial charge in [0.25, 0.3) is 5.56 Å². The monoisotopic (exact) mass is 302 g/mol. The summed E-state index contributed by atoms with van der Waals surface area (Å²) in [5, 5.41) is 0. The lowest BCUT2D eigenvalue weighted by Crippen LogP contribution is -2.09. The number of rotatable bonds is 2. The van der Waals surface area contributed by atoms with Crippen molar-refractivity contribution in [2.45, 2.75) is 6.92 Å². The highest BCUT2D eigenvalue weighted by Crippen LogP contribution is 2.24. The first-order valence-corrected chi connectivity index (χ1v) is 7.31. The van der Waals surface area contributed by atoms with Crippen LogP contribution in [-0.2, 0) is 0 Å². The summed E-state index contributed by atoms with van der Waals surface area (Å²) in [6.45, 7) is 2.00. The summed E-state index contributed by atoms with van der Waals surface area (Å²) in [4.78, 5) is 26.9. The third kappa shape index (κ3) is 2.32. The quantitative estimate of drug-likeness (QED) is 0.596. The molecule has 2 N–H and O–H groups in total. The van der Waals surface area contributed by atoms with Gasteiger partial charge in [-0.2, -0.15) is 0 Å². The predicted molar refractivity (Wildman–Crippen MR) is 90.1 cm³/mol. The Morgan fingerprint density at radius 1 is 1.04 bits per heavy atom. The van der Waals surface area contributed by atoms with E-state index in [9.17, 15) is 4.79 Å². The molecule has 0 saturated carbocycles. The number of fused-ring (bicyclic) bond motifs is 1. The van der Waals surface area contributed by atoms with Crippen molar-refractivity contribution in [3.05, 3.63) is 70.9 Å². The van der Waals surface area contributed by atoms with Crippen LogP contribution < -0.4 is 5.56 Å². The number of aromatic amines is 2. The Kier molecular flexibility index (Phi) is 3.05. The van der Waals surface area contributed by atoms with Crippen molar-refractivity contribution < 1.29 is 0 Å². The van der Waals surface area contributed by atoms with E-state index in [1.807, 2.05) is 43.3 Å². The minimum absolute atomic E-state index is 0.167. The second-order valence-corrected chi connectivity index (χ2v) is 5.42. The minimum Gasteiger partial charge on any atom is -0.338 e. The van der Waals surface area contributed by atoms with E-state index in [4.69, 9.17) is 0 Å². The number of nitrogens with zero attached hydrogens (tertiary/aromatic N) is 2. The van der Waals surface area contributed by atoms with Crippen LogP contribution in [0.3, 0.4) is 0 Å². The van der Waals surface area contributed by atoms with Gasteiger partial charge < -0.3 is 9.97 Å². The van der Waals surface area contributed by atoms with Gasteiger partial charge in [-0.15, -0.1) is 0 Å². The van der Waals surface area contributed by atoms with Gasteiger partial charge in [0.1, 0.15) is 5.82 Å². The van der Waals surface area contributed by atoms with Crippen molar-refractivity contribution in [1.82, 2.24) is 19.9 Å². The summed E-state index contributed by atoms with van der Waals surface area (Å²) < 4.78 is 0. The lowest BCUT2D eigenvalue weighted by atomic mass is 10.1. The molecule has 1 aromatic carbocycles. The zero-order valence-electron chi connectivity index (χ0n) is 12.5. The molecule has 23 heavy (non-hydrogen) atoms. The van der Waals surface area contributed by atoms with Crippen molar-refractivity contribution in [2.75, 3.05) is 0 Å². The molecule has 0 unspecified atom stereocenters. The summed E-state index contributed by atoms with van der Waals surface area (Å²) >= 11 is 0. The van der Waals surface area contributed by atoms with Crippen molar-refractivity contribution in [3.8, 4) is 22.5 Å². The molecule has 0 aliphatic carbocycles. The van der Waals surface area contributed by atoms with Gasteiger partial charge >= 0.3 is 0 Å². The standard InChI is InChI=1S/C18H14N4O/c1-11-3-2-4-15-16(11)22-17(21-15)14-9-13(10-20-18(14)23)12-5-7-19-8-6-12/h2-10H,1H3,(H,20,23)(H,21,22). The molecule has 0 fully saturated rings. The van der Waals surface area contributed by atoms with Crippen molar-refractivity contribution in [3.63, 3.8) is 0 Å². The van der Waals surface area contributed by atoms with Crippen LogP contribution in [-0.4, -0.2) is 19.9 Å². The number of aromatic nitrogens is 4. The molecule has 0 radical (unpaired) electrons. The minimum atomic E-state index is -0.167. The van der Waals surface area contributed by atoms with Crippen LogP contribution in [0, 0.1) is 6.92 Å². The largest absolute Gasteiger partial charge is 0.338 e. The first-order chi connectivity index (χ1) is 11.2. The second kappa shape index (κ2) is 5.21. The Balaban J connectivity index is 1.90. The summed E-state index contributed by atoms with van der Waals surface area (Å²) in [5.41, 5.74) is 5.15. The highest BCUT2D eigenvalue weighted by atomic mass is 16.1. The molecule has 5 heteroatoms. The average Bonchev–Trinajstić information content (AvgIpc) is 3.01. The number of aryl methyl sites for hydroxylation is 1. The highest BCUT2D eigenvalue weighted by Gasteiger charge is 2.11. The van der Waals surface area contributed by atoms with E-state index in [2.05, 4.69) is 19.9 Å². The molecule has 3 aromatic heterocycles. The molecule has 5 nitrogen and oxygen atoms in total. The first kappa shape index (κ1) is 13.5. The molecular weight excluding hydrogens is 288 g/mol. The van der Waals surface area contributed by atoms with Crippen LogP contribution >= 0.6 is 0 Å². The van der Waals surface area contributed by atoms with E-state index in [1.165, 1.54) is 0 Å². The van der Waals surface area contributed by atoms with Crippen molar-refractivity contribution in [2.24, 2.45) is 0 Å². The lowest BCUT2D eigenvalue weighted by Gasteiger charge is -2.02. The number of H-pyrrole nitrogens is 2. The Labute approximate surface area is 132 Å². The summed E-state index contributed by atoms with van der Waals surface area (Å²) in [6.07, 6.45) is 5.16. The molecule has 4 rings (SSSR count). The number of imidazole rings is 1. The fourth-order valence-corrected chi connectivity index (χ4v) is 2.67. The molecule has 0 aliphatic heterocycles. The smallest absolute Gasteiger partial charge is 0.259 e. The lowest BCUT2D eigenvalue weighted by molar-refractivity contribution is 1.21. The van der Waals surface area contributed by atoms with Gasteiger partial charge in [-0.1, -0.05) is 12.1 Å². The van der Waals surface area contributed by atoms with Crippen LogP contribution in [0.2, 0.25) is 0 Å². The number of pyridine rings is 2. The summed E-state index contributed by atoms with van der Waals surface area (Å²) in [7, 11) is 0. The SMILES string of the molecule is Cc1cccc2[nH]c(-c3cc(-c4ccncc4)c[nH]c3=O)nc12. The number of benzene rings is 1. The van der Waals surface area contributed by atoms with E-state index < -0.39 is 0 Å². The van der Waals surface area contributed by atoms with E-state index in [1.54, 1.807) is 18.6 Å². The molecule has 0 amide bonds. The van der Waals surface area contributed by atoms with E-state index in [0.29, 0.717) is 11.4 Å². The zero-order valence-corrected chi connectivity index (χ0v) is 12.5. The first-order valence-electron chi connectivity index (χ1n) is 7.31. The third-order valence-corrected chi connectivity index (χ3v) is 3.89. The van der Waals surface area contributed by atoms with Crippen LogP contribution in [0.15, 0.2) is 59.8 Å². The zero-order chi connectivity index (χ0) is 15.8. The molecule has 0 atom stereocenters. The van der Waals surface area contributed by atoms with Gasteiger partial charge in [0.05, 0.1) is 16.6 Å². The molecular formula is C18H14N4O. The molecule has 0 bridgehead atoms. The maximum atomic E-state index is 12.2. The van der Waals surface area contributed by atoms with E-state index in [0.717, 1.165) is 27.7 Å². The molecule has 0 spiro atoms. The Morgan fingerprint density at radius 2 is 1.87 bits per heavy atom. The highest BCUT2D eigenvalue weighted by molar-refractivity contribution is 5.82. The van der Waals surface area contributed by atoms with Gasteiger partial charge in [0, 0.05) is 18.6 Å². The fraction of sp³-hybridized carbons (Fsp3) is 0.0556. The van der Waals surface area contributed by atoms with Gasteiger partial charge in [0.15, 0.2) is 0 Å². The Morgan fingerprint density at radius 3 is 2.65 bits per heavy atom. The number of hydrogen-bond acceptors (Lipinski definition) is 3. The number of nitrogens with one attached hydrogen (secondary N) is 2. The van der Waals surface area contributed by atoms with E-state index in [-0.39, 0.29) is 5.56 Å². The Hall–Kier alpha value is -3.21. The topological polar surface area (TPSA) is 74.4 Å². The fourth-order valence-electron chi connectivity index (χ4n) is 2.67. The maximum Gasteiger partial charge on any atom is 0.259 e. The van der Waals surface area contributed by atoms with Gasteiger partial charge in [-0.25, -0.2) is 4.98 Å². The van der Waals surface area contributed by atoms with Gasteiger partial charge in [-0.3, -0.25) is 9.78 Å². The Bertz CT molecular complexity index is 1050. The molecule has 3 heterocycles. The third-order valence-electron chi connectivity index (χ3n) is 3.89. The average molecular weight is 302 g/mol. The number of hydrogen-bond donors (Lipinski definition) is 2. The van der Waals surface area contributed by atoms with Gasteiger partial charge in [-0.05, 0) is 47.9 Å². The molecule has 4 aromatic rings. The molecule has 112 valence electrons. The van der Waals surface area contributed by atoms with Crippen molar-refractivity contribution >= 4 is 11.0 Å².